The fourth-order valence-electron chi connectivity index (χ4n) is 2.45. The first-order valence-corrected chi connectivity index (χ1v) is 7.52. The van der Waals surface area contributed by atoms with Gasteiger partial charge in [-0.3, -0.25) is 15.0 Å². The van der Waals surface area contributed by atoms with Crippen molar-refractivity contribution in [3.8, 4) is 0 Å². The SMILES string of the molecule is CCCNc1ccc(CN2CCCOCC2)cc1[N+](=O)[O-]. The number of nitrogens with one attached hydrogen (secondary N) is 1. The molecular formula is C15H23N3O3. The van der Waals surface area contributed by atoms with Crippen LogP contribution in [-0.4, -0.2) is 42.7 Å². The van der Waals surface area contributed by atoms with Gasteiger partial charge in [0.05, 0.1) is 11.5 Å². The van der Waals surface area contributed by atoms with Crippen LogP contribution in [0.25, 0.3) is 0 Å². The molecule has 0 spiro atoms. The Morgan fingerprint density at radius 1 is 1.38 bits per heavy atom. The van der Waals surface area contributed by atoms with Gasteiger partial charge in [-0.25, -0.2) is 0 Å². The molecule has 0 saturated carbocycles. The van der Waals surface area contributed by atoms with Crippen molar-refractivity contribution in [1.29, 1.82) is 0 Å². The number of nitro benzene ring substituents is 1. The fourth-order valence-corrected chi connectivity index (χ4v) is 2.45. The molecule has 1 aromatic rings. The van der Waals surface area contributed by atoms with Gasteiger partial charge in [0.2, 0.25) is 0 Å². The van der Waals surface area contributed by atoms with Crippen LogP contribution in [0.15, 0.2) is 18.2 Å². The second-order valence-corrected chi connectivity index (χ2v) is 5.28. The third-order valence-electron chi connectivity index (χ3n) is 3.55. The van der Waals surface area contributed by atoms with Crippen LogP contribution in [-0.2, 0) is 11.3 Å². The smallest absolute Gasteiger partial charge is 0.292 e. The molecular weight excluding hydrogens is 270 g/mol. The summed E-state index contributed by atoms with van der Waals surface area (Å²) in [5.74, 6) is 0. The van der Waals surface area contributed by atoms with E-state index in [1.54, 1.807) is 6.07 Å². The van der Waals surface area contributed by atoms with Crippen LogP contribution in [0.2, 0.25) is 0 Å². The Morgan fingerprint density at radius 3 is 3.00 bits per heavy atom. The zero-order valence-corrected chi connectivity index (χ0v) is 12.5. The molecule has 6 heteroatoms. The monoisotopic (exact) mass is 293 g/mol. The first-order chi connectivity index (χ1) is 10.2. The van der Waals surface area contributed by atoms with E-state index in [-0.39, 0.29) is 10.6 Å². The Balaban J connectivity index is 2.09. The molecule has 0 aliphatic carbocycles. The van der Waals surface area contributed by atoms with Gasteiger partial charge in [-0.2, -0.15) is 0 Å². The van der Waals surface area contributed by atoms with Crippen LogP contribution in [0.4, 0.5) is 11.4 Å². The highest BCUT2D eigenvalue weighted by Crippen LogP contribution is 2.26. The van der Waals surface area contributed by atoms with Crippen molar-refractivity contribution in [2.75, 3.05) is 38.2 Å². The van der Waals surface area contributed by atoms with E-state index in [9.17, 15) is 10.1 Å². The summed E-state index contributed by atoms with van der Waals surface area (Å²) in [6.07, 6.45) is 1.95. The van der Waals surface area contributed by atoms with Gasteiger partial charge in [-0.05, 0) is 24.5 Å². The van der Waals surface area contributed by atoms with Gasteiger partial charge in [-0.15, -0.1) is 0 Å². The number of benzene rings is 1. The highest BCUT2D eigenvalue weighted by atomic mass is 16.6. The largest absolute Gasteiger partial charge is 0.380 e. The van der Waals surface area contributed by atoms with E-state index >= 15 is 0 Å². The first kappa shape index (κ1) is 15.7. The lowest BCUT2D eigenvalue weighted by Crippen LogP contribution is -2.25. The lowest BCUT2D eigenvalue weighted by molar-refractivity contribution is -0.384. The Morgan fingerprint density at radius 2 is 2.24 bits per heavy atom. The molecule has 0 bridgehead atoms. The average Bonchev–Trinajstić information content (AvgIpc) is 2.74. The number of hydrogen-bond acceptors (Lipinski definition) is 5. The Bertz CT molecular complexity index is 471. The van der Waals surface area contributed by atoms with Crippen molar-refractivity contribution >= 4 is 11.4 Å². The lowest BCUT2D eigenvalue weighted by Gasteiger charge is -2.19. The quantitative estimate of drug-likeness (QED) is 0.645. The van der Waals surface area contributed by atoms with Gasteiger partial charge < -0.3 is 10.1 Å². The van der Waals surface area contributed by atoms with E-state index in [1.807, 2.05) is 19.1 Å². The van der Waals surface area contributed by atoms with E-state index in [4.69, 9.17) is 4.74 Å². The summed E-state index contributed by atoms with van der Waals surface area (Å²) in [6.45, 7) is 6.90. The molecule has 1 fully saturated rings. The standard InChI is InChI=1S/C15H23N3O3/c1-2-6-16-14-5-4-13(11-15(14)18(19)20)12-17-7-3-9-21-10-8-17/h4-5,11,16H,2-3,6-10,12H2,1H3. The van der Waals surface area contributed by atoms with Gasteiger partial charge in [0.1, 0.15) is 5.69 Å². The Labute approximate surface area is 125 Å². The molecule has 0 unspecified atom stereocenters. The van der Waals surface area contributed by atoms with Gasteiger partial charge in [0, 0.05) is 38.9 Å². The van der Waals surface area contributed by atoms with Crippen LogP contribution in [0.3, 0.4) is 0 Å². The minimum atomic E-state index is -0.312. The molecule has 0 amide bonds. The maximum Gasteiger partial charge on any atom is 0.292 e. The zero-order chi connectivity index (χ0) is 15.1. The highest BCUT2D eigenvalue weighted by Gasteiger charge is 2.16. The number of nitrogens with zero attached hydrogens (tertiary/aromatic N) is 2. The number of rotatable bonds is 6. The second-order valence-electron chi connectivity index (χ2n) is 5.28. The van der Waals surface area contributed by atoms with Crippen LogP contribution in [0.1, 0.15) is 25.3 Å². The molecule has 1 aromatic carbocycles. The first-order valence-electron chi connectivity index (χ1n) is 7.52. The summed E-state index contributed by atoms with van der Waals surface area (Å²) in [4.78, 5) is 13.2. The Kier molecular flexibility index (Phi) is 5.95. The lowest BCUT2D eigenvalue weighted by atomic mass is 10.1. The molecule has 1 aliphatic rings. The van der Waals surface area contributed by atoms with Gasteiger partial charge in [0.15, 0.2) is 0 Å². The van der Waals surface area contributed by atoms with Crippen LogP contribution < -0.4 is 5.32 Å². The summed E-state index contributed by atoms with van der Waals surface area (Å²) < 4.78 is 5.43. The van der Waals surface area contributed by atoms with Gasteiger partial charge in [-0.1, -0.05) is 13.0 Å². The third kappa shape index (κ3) is 4.68. The summed E-state index contributed by atoms with van der Waals surface area (Å²) in [6, 6.07) is 5.47. The van der Waals surface area contributed by atoms with E-state index in [0.29, 0.717) is 5.69 Å². The highest BCUT2D eigenvalue weighted by molar-refractivity contribution is 5.62. The number of nitro groups is 1. The number of ether oxygens (including phenoxy) is 1. The summed E-state index contributed by atoms with van der Waals surface area (Å²) in [5, 5.41) is 14.3. The molecule has 0 atom stereocenters. The topological polar surface area (TPSA) is 67.6 Å². The van der Waals surface area contributed by atoms with Crippen molar-refractivity contribution in [1.82, 2.24) is 4.90 Å². The fraction of sp³-hybridized carbons (Fsp3) is 0.600. The van der Waals surface area contributed by atoms with Crippen molar-refractivity contribution in [2.24, 2.45) is 0 Å². The van der Waals surface area contributed by atoms with Gasteiger partial charge in [0.25, 0.3) is 5.69 Å². The molecule has 1 heterocycles. The predicted octanol–water partition coefficient (Wildman–Crippen LogP) is 2.64. The van der Waals surface area contributed by atoms with Crippen molar-refractivity contribution in [3.63, 3.8) is 0 Å². The molecule has 21 heavy (non-hydrogen) atoms. The van der Waals surface area contributed by atoms with Gasteiger partial charge >= 0.3 is 0 Å². The van der Waals surface area contributed by atoms with Crippen LogP contribution in [0, 0.1) is 10.1 Å². The predicted molar refractivity (Wildman–Crippen MR) is 82.6 cm³/mol. The molecule has 1 N–H and O–H groups in total. The van der Waals surface area contributed by atoms with Crippen molar-refractivity contribution in [2.45, 2.75) is 26.3 Å². The number of anilines is 1. The molecule has 0 aromatic heterocycles. The summed E-state index contributed by atoms with van der Waals surface area (Å²) in [7, 11) is 0. The molecule has 2 rings (SSSR count). The van der Waals surface area contributed by atoms with Crippen LogP contribution >= 0.6 is 0 Å². The summed E-state index contributed by atoms with van der Waals surface area (Å²) in [5.41, 5.74) is 1.74. The minimum Gasteiger partial charge on any atom is -0.380 e. The normalized spacial score (nSPS) is 16.4. The van der Waals surface area contributed by atoms with Crippen molar-refractivity contribution in [3.05, 3.63) is 33.9 Å². The molecule has 1 aliphatic heterocycles. The van der Waals surface area contributed by atoms with E-state index in [1.165, 1.54) is 0 Å². The zero-order valence-electron chi connectivity index (χ0n) is 12.5. The van der Waals surface area contributed by atoms with Crippen LogP contribution in [0.5, 0.6) is 0 Å². The average molecular weight is 293 g/mol. The maximum atomic E-state index is 11.2. The molecule has 116 valence electrons. The number of hydrogen-bond donors (Lipinski definition) is 1. The molecule has 1 saturated heterocycles. The van der Waals surface area contributed by atoms with E-state index < -0.39 is 0 Å². The van der Waals surface area contributed by atoms with Crippen molar-refractivity contribution < 1.29 is 9.66 Å². The third-order valence-corrected chi connectivity index (χ3v) is 3.55. The van der Waals surface area contributed by atoms with E-state index in [0.717, 1.165) is 57.8 Å². The molecule has 0 radical (unpaired) electrons. The summed E-state index contributed by atoms with van der Waals surface area (Å²) >= 11 is 0. The Hall–Kier alpha value is -1.66. The minimum absolute atomic E-state index is 0.159. The van der Waals surface area contributed by atoms with E-state index in [2.05, 4.69) is 10.2 Å². The maximum absolute atomic E-state index is 11.2. The molecule has 6 nitrogen and oxygen atoms in total. The second kappa shape index (κ2) is 7.95.